The Labute approximate surface area is 131 Å². The van der Waals surface area contributed by atoms with Crippen molar-refractivity contribution in [1.29, 1.82) is 0 Å². The number of halogens is 1. The molecule has 2 rings (SSSR count). The fourth-order valence-electron chi connectivity index (χ4n) is 2.23. The Balaban J connectivity index is 2.09. The molecule has 0 aromatic heterocycles. The highest BCUT2D eigenvalue weighted by Crippen LogP contribution is 2.24. The van der Waals surface area contributed by atoms with Gasteiger partial charge in [-0.2, -0.15) is 0 Å². The Morgan fingerprint density at radius 1 is 1.33 bits per heavy atom. The average molecular weight is 357 g/mol. The van der Waals surface area contributed by atoms with Gasteiger partial charge in [-0.25, -0.2) is 9.59 Å². The third-order valence-corrected chi connectivity index (χ3v) is 4.48. The molecule has 1 aromatic rings. The maximum absolute atomic E-state index is 12.1. The van der Waals surface area contributed by atoms with Crippen LogP contribution in [0.15, 0.2) is 22.7 Å². The molecule has 1 fully saturated rings. The number of rotatable bonds is 3. The van der Waals surface area contributed by atoms with Gasteiger partial charge >= 0.3 is 12.0 Å². The molecule has 21 heavy (non-hydrogen) atoms. The van der Waals surface area contributed by atoms with Gasteiger partial charge in [0, 0.05) is 36.2 Å². The summed E-state index contributed by atoms with van der Waals surface area (Å²) < 4.78 is 6.04. The second-order valence-corrected chi connectivity index (χ2v) is 5.85. The van der Waals surface area contributed by atoms with Crippen LogP contribution in [-0.4, -0.2) is 35.9 Å². The number of ether oxygens (including phenoxy) is 1. The molecule has 1 heterocycles. The number of urea groups is 1. The van der Waals surface area contributed by atoms with Gasteiger partial charge in [-0.15, -0.1) is 0 Å². The second-order valence-electron chi connectivity index (χ2n) is 4.99. The zero-order valence-corrected chi connectivity index (χ0v) is 13.2. The van der Waals surface area contributed by atoms with Crippen molar-refractivity contribution in [3.05, 3.63) is 28.2 Å². The van der Waals surface area contributed by atoms with E-state index in [2.05, 4.69) is 26.6 Å². The molecule has 1 aliphatic rings. The second kappa shape index (κ2) is 6.44. The van der Waals surface area contributed by atoms with E-state index in [1.165, 1.54) is 0 Å². The Hall–Kier alpha value is -1.60. The van der Waals surface area contributed by atoms with E-state index in [4.69, 9.17) is 4.74 Å². The first kappa shape index (κ1) is 15.8. The highest BCUT2D eigenvalue weighted by Gasteiger charge is 2.41. The molecule has 1 saturated heterocycles. The summed E-state index contributed by atoms with van der Waals surface area (Å²) in [6.07, 6.45) is 0.514. The van der Waals surface area contributed by atoms with Crippen molar-refractivity contribution < 1.29 is 19.4 Å². The molecule has 0 aliphatic carbocycles. The van der Waals surface area contributed by atoms with Crippen molar-refractivity contribution in [2.45, 2.75) is 25.3 Å². The lowest BCUT2D eigenvalue weighted by Gasteiger charge is -2.33. The van der Waals surface area contributed by atoms with Gasteiger partial charge in [-0.05, 0) is 24.6 Å². The Kier molecular flexibility index (Phi) is 4.84. The molecule has 0 unspecified atom stereocenters. The largest absolute Gasteiger partial charge is 0.480 e. The van der Waals surface area contributed by atoms with Gasteiger partial charge in [0.25, 0.3) is 0 Å². The number of carbonyl (C=O) groups excluding carboxylic acids is 1. The molecule has 0 bridgehead atoms. The lowest BCUT2D eigenvalue weighted by Crippen LogP contribution is -2.58. The third kappa shape index (κ3) is 3.54. The third-order valence-electron chi connectivity index (χ3n) is 3.62. The van der Waals surface area contributed by atoms with E-state index in [0.717, 1.165) is 10.0 Å². The lowest BCUT2D eigenvalue weighted by molar-refractivity contribution is -0.148. The SMILES string of the molecule is Cc1c(Br)cccc1NC(=O)NC1(C(=O)O)CCOCC1. The number of nitrogens with one attached hydrogen (secondary N) is 2. The normalized spacial score (nSPS) is 17.0. The van der Waals surface area contributed by atoms with Crippen molar-refractivity contribution in [1.82, 2.24) is 5.32 Å². The first-order valence-electron chi connectivity index (χ1n) is 6.60. The van der Waals surface area contributed by atoms with Crippen LogP contribution in [-0.2, 0) is 9.53 Å². The van der Waals surface area contributed by atoms with Gasteiger partial charge in [0.2, 0.25) is 0 Å². The number of aliphatic carboxylic acids is 1. The van der Waals surface area contributed by atoms with Crippen molar-refractivity contribution in [2.24, 2.45) is 0 Å². The lowest BCUT2D eigenvalue weighted by atomic mass is 9.90. The summed E-state index contributed by atoms with van der Waals surface area (Å²) >= 11 is 3.39. The van der Waals surface area contributed by atoms with Gasteiger partial charge in [0.15, 0.2) is 0 Å². The van der Waals surface area contributed by atoms with Gasteiger partial charge in [-0.3, -0.25) is 0 Å². The Morgan fingerprint density at radius 3 is 2.62 bits per heavy atom. The smallest absolute Gasteiger partial charge is 0.329 e. The summed E-state index contributed by atoms with van der Waals surface area (Å²) in [6, 6.07) is 4.90. The van der Waals surface area contributed by atoms with Crippen LogP contribution in [0, 0.1) is 6.92 Å². The highest BCUT2D eigenvalue weighted by molar-refractivity contribution is 9.10. The van der Waals surface area contributed by atoms with Crippen molar-refractivity contribution >= 4 is 33.6 Å². The van der Waals surface area contributed by atoms with E-state index in [-0.39, 0.29) is 12.8 Å². The number of carboxylic acids is 1. The van der Waals surface area contributed by atoms with Crippen molar-refractivity contribution in [3.8, 4) is 0 Å². The first-order valence-corrected chi connectivity index (χ1v) is 7.39. The number of hydrogen-bond donors (Lipinski definition) is 3. The standard InChI is InChI=1S/C14H17BrN2O4/c1-9-10(15)3-2-4-11(9)16-13(20)17-14(12(18)19)5-7-21-8-6-14/h2-4H,5-8H2,1H3,(H,18,19)(H2,16,17,20). The van der Waals surface area contributed by atoms with Crippen molar-refractivity contribution in [2.75, 3.05) is 18.5 Å². The summed E-state index contributed by atoms with van der Waals surface area (Å²) in [4.78, 5) is 23.6. The number of hydrogen-bond acceptors (Lipinski definition) is 3. The van der Waals surface area contributed by atoms with E-state index in [0.29, 0.717) is 18.9 Å². The number of benzene rings is 1. The number of anilines is 1. The molecule has 0 atom stereocenters. The first-order chi connectivity index (χ1) is 9.94. The summed E-state index contributed by atoms with van der Waals surface area (Å²) in [6.45, 7) is 2.51. The number of carboxylic acid groups (broad SMARTS) is 1. The zero-order chi connectivity index (χ0) is 15.5. The van der Waals surface area contributed by atoms with Crippen LogP contribution in [0.5, 0.6) is 0 Å². The monoisotopic (exact) mass is 356 g/mol. The quantitative estimate of drug-likeness (QED) is 0.776. The Morgan fingerprint density at radius 2 is 2.00 bits per heavy atom. The fraction of sp³-hybridized carbons (Fsp3) is 0.429. The van der Waals surface area contributed by atoms with Gasteiger partial charge < -0.3 is 20.5 Å². The minimum atomic E-state index is -1.26. The van der Waals surface area contributed by atoms with Crippen LogP contribution >= 0.6 is 15.9 Å². The molecule has 7 heteroatoms. The molecule has 0 radical (unpaired) electrons. The van der Waals surface area contributed by atoms with E-state index in [1.807, 2.05) is 13.0 Å². The molecule has 3 N–H and O–H groups in total. The van der Waals surface area contributed by atoms with Crippen LogP contribution in [0.1, 0.15) is 18.4 Å². The number of carbonyl (C=O) groups is 2. The minimum absolute atomic E-state index is 0.257. The van der Waals surface area contributed by atoms with Crippen LogP contribution < -0.4 is 10.6 Å². The molecule has 0 spiro atoms. The van der Waals surface area contributed by atoms with E-state index in [9.17, 15) is 14.7 Å². The molecule has 6 nitrogen and oxygen atoms in total. The molecule has 2 amide bonds. The van der Waals surface area contributed by atoms with E-state index >= 15 is 0 Å². The summed E-state index contributed by atoms with van der Waals surface area (Å²) in [5.41, 5.74) is 0.251. The van der Waals surface area contributed by atoms with Gasteiger partial charge in [-0.1, -0.05) is 22.0 Å². The predicted octanol–water partition coefficient (Wildman–Crippen LogP) is 2.51. The average Bonchev–Trinajstić information content (AvgIpc) is 2.44. The van der Waals surface area contributed by atoms with Crippen LogP contribution in [0.2, 0.25) is 0 Å². The highest BCUT2D eigenvalue weighted by atomic mass is 79.9. The summed E-state index contributed by atoms with van der Waals surface area (Å²) in [7, 11) is 0. The van der Waals surface area contributed by atoms with E-state index in [1.54, 1.807) is 12.1 Å². The summed E-state index contributed by atoms with van der Waals surface area (Å²) in [5.74, 6) is -1.04. The van der Waals surface area contributed by atoms with Gasteiger partial charge in [0.05, 0.1) is 0 Å². The molecule has 114 valence electrons. The zero-order valence-electron chi connectivity index (χ0n) is 11.6. The summed E-state index contributed by atoms with van der Waals surface area (Å²) in [5, 5.41) is 14.7. The minimum Gasteiger partial charge on any atom is -0.480 e. The fourth-order valence-corrected chi connectivity index (χ4v) is 2.59. The van der Waals surface area contributed by atoms with Crippen molar-refractivity contribution in [3.63, 3.8) is 0 Å². The molecule has 0 saturated carbocycles. The predicted molar refractivity (Wildman–Crippen MR) is 81.5 cm³/mol. The Bertz CT molecular complexity index is 556. The molecular weight excluding hydrogens is 340 g/mol. The molecule has 1 aliphatic heterocycles. The topological polar surface area (TPSA) is 87.7 Å². The van der Waals surface area contributed by atoms with Crippen LogP contribution in [0.3, 0.4) is 0 Å². The maximum Gasteiger partial charge on any atom is 0.329 e. The molecule has 1 aromatic carbocycles. The molecular formula is C14H17BrN2O4. The van der Waals surface area contributed by atoms with E-state index < -0.39 is 17.5 Å². The van der Waals surface area contributed by atoms with Crippen LogP contribution in [0.4, 0.5) is 10.5 Å². The van der Waals surface area contributed by atoms with Crippen LogP contribution in [0.25, 0.3) is 0 Å². The number of amides is 2. The maximum atomic E-state index is 12.1. The van der Waals surface area contributed by atoms with Gasteiger partial charge in [0.1, 0.15) is 5.54 Å².